The lowest BCUT2D eigenvalue weighted by atomic mass is 10.2. The van der Waals surface area contributed by atoms with Gasteiger partial charge in [-0.3, -0.25) is 0 Å². The molecule has 0 bridgehead atoms. The molecule has 0 spiro atoms. The van der Waals surface area contributed by atoms with E-state index in [-0.39, 0.29) is 16.7 Å². The molecule has 0 atom stereocenters. The number of nitrogens with zero attached hydrogens (tertiary/aromatic N) is 1. The van der Waals surface area contributed by atoms with E-state index in [2.05, 4.69) is 5.18 Å². The molecule has 0 aliphatic rings. The summed E-state index contributed by atoms with van der Waals surface area (Å²) in [5.41, 5.74) is 0.104. The van der Waals surface area contributed by atoms with Crippen molar-refractivity contribution in [1.82, 2.24) is 0 Å². The van der Waals surface area contributed by atoms with Gasteiger partial charge in [0.05, 0.1) is 5.39 Å². The molecule has 0 saturated carbocycles. The molecule has 0 aliphatic heterocycles. The van der Waals surface area contributed by atoms with Crippen molar-refractivity contribution >= 4 is 16.9 Å². The van der Waals surface area contributed by atoms with Crippen molar-refractivity contribution in [2.45, 2.75) is 0 Å². The van der Waals surface area contributed by atoms with Gasteiger partial charge in [0.2, 0.25) is 0 Å². The van der Waals surface area contributed by atoms with Crippen molar-refractivity contribution in [1.29, 1.82) is 0 Å². The van der Waals surface area contributed by atoms with Crippen LogP contribution in [0.5, 0.6) is 5.75 Å². The first-order valence-corrected chi connectivity index (χ1v) is 3.47. The van der Waals surface area contributed by atoms with E-state index in [1.165, 1.54) is 6.07 Å². The molecule has 1 aromatic carbocycles. The van der Waals surface area contributed by atoms with Gasteiger partial charge in [0.15, 0.2) is 5.75 Å². The smallest absolute Gasteiger partial charge is 0.304 e. The molecule has 1 heterocycles. The van der Waals surface area contributed by atoms with Crippen molar-refractivity contribution in [3.05, 3.63) is 28.9 Å². The van der Waals surface area contributed by atoms with Crippen LogP contribution in [0.2, 0.25) is 0 Å². The van der Waals surface area contributed by atoms with Gasteiger partial charge in [-0.2, -0.15) is 0 Å². The van der Waals surface area contributed by atoms with E-state index in [9.17, 15) is 14.4 Å². The van der Waals surface area contributed by atoms with Gasteiger partial charge in [-0.15, -0.1) is 4.91 Å². The van der Waals surface area contributed by atoms with Crippen LogP contribution in [-0.2, 0) is 0 Å². The quantitative estimate of drug-likeness (QED) is 0.688. The van der Waals surface area contributed by atoms with Crippen molar-refractivity contribution in [3.8, 4) is 5.75 Å². The molecule has 1 N–H and O–H groups in total. The normalized spacial score (nSPS) is 10.5. The zero-order valence-electron chi connectivity index (χ0n) is 6.32. The summed E-state index contributed by atoms with van der Waals surface area (Å²) in [6.07, 6.45) is 0. The molecule has 0 fully saturated rings. The van der Waals surface area contributed by atoms with Gasteiger partial charge in [0, 0.05) is 11.2 Å². The minimum Gasteiger partial charge on any atom is -0.502 e. The number of halogens is 1. The second-order valence-corrected chi connectivity index (χ2v) is 2.49. The van der Waals surface area contributed by atoms with E-state index in [1.54, 1.807) is 0 Å². The molecule has 2 aromatic rings. The highest BCUT2D eigenvalue weighted by molar-refractivity contribution is 5.88. The molecule has 0 unspecified atom stereocenters. The Hall–Kier alpha value is -1.91. The molecule has 5 heteroatoms. The summed E-state index contributed by atoms with van der Waals surface area (Å²) in [7, 11) is 0. The second kappa shape index (κ2) is 2.55. The molecule has 2 rings (SSSR count). The van der Waals surface area contributed by atoms with Gasteiger partial charge in [-0.25, -0.2) is 4.39 Å². The number of benzene rings is 1. The first-order valence-electron chi connectivity index (χ1n) is 3.47. The number of aromatic hydroxyl groups is 1. The molecule has 0 amide bonds. The fraction of sp³-hybridized carbons (Fsp3) is 0. The SMILES string of the molecule is O=Nc1oc2cc(F)ccc2c1O. The molecular formula is C8H4FNO3. The first kappa shape index (κ1) is 7.72. The Bertz CT molecular complexity index is 477. The maximum atomic E-state index is 12.6. The minimum absolute atomic E-state index is 0.104. The van der Waals surface area contributed by atoms with Gasteiger partial charge in [-0.05, 0) is 12.1 Å². The Labute approximate surface area is 71.6 Å². The lowest BCUT2D eigenvalue weighted by Gasteiger charge is -1.87. The van der Waals surface area contributed by atoms with Crippen LogP contribution in [0.1, 0.15) is 0 Å². The summed E-state index contributed by atoms with van der Waals surface area (Å²) < 4.78 is 17.4. The topological polar surface area (TPSA) is 62.8 Å². The van der Waals surface area contributed by atoms with Crippen LogP contribution in [0.3, 0.4) is 0 Å². The second-order valence-electron chi connectivity index (χ2n) is 2.49. The monoisotopic (exact) mass is 181 g/mol. The Balaban J connectivity index is 2.83. The Morgan fingerprint density at radius 2 is 2.23 bits per heavy atom. The number of hydrogen-bond acceptors (Lipinski definition) is 4. The lowest BCUT2D eigenvalue weighted by molar-refractivity contribution is 0.469. The maximum absolute atomic E-state index is 12.6. The van der Waals surface area contributed by atoms with E-state index in [1.807, 2.05) is 0 Å². The molecule has 1 aromatic heterocycles. The van der Waals surface area contributed by atoms with Crippen LogP contribution in [0, 0.1) is 10.7 Å². The van der Waals surface area contributed by atoms with Crippen LogP contribution in [0.25, 0.3) is 11.0 Å². The van der Waals surface area contributed by atoms with Gasteiger partial charge >= 0.3 is 5.88 Å². The van der Waals surface area contributed by atoms with Crippen LogP contribution < -0.4 is 0 Å². The van der Waals surface area contributed by atoms with Gasteiger partial charge in [0.25, 0.3) is 0 Å². The third-order valence-electron chi connectivity index (χ3n) is 1.69. The Morgan fingerprint density at radius 3 is 2.92 bits per heavy atom. The highest BCUT2D eigenvalue weighted by Gasteiger charge is 2.13. The average Bonchev–Trinajstić information content (AvgIpc) is 2.42. The van der Waals surface area contributed by atoms with Crippen molar-refractivity contribution in [2.24, 2.45) is 5.18 Å². The number of rotatable bonds is 1. The zero-order valence-corrected chi connectivity index (χ0v) is 6.32. The molecule has 4 nitrogen and oxygen atoms in total. The predicted octanol–water partition coefficient (Wildman–Crippen LogP) is 2.68. The van der Waals surface area contributed by atoms with Gasteiger partial charge in [-0.1, -0.05) is 0 Å². The van der Waals surface area contributed by atoms with E-state index in [0.717, 1.165) is 12.1 Å². The van der Waals surface area contributed by atoms with Crippen molar-refractivity contribution in [3.63, 3.8) is 0 Å². The van der Waals surface area contributed by atoms with E-state index in [4.69, 9.17) is 4.42 Å². The fourth-order valence-corrected chi connectivity index (χ4v) is 1.11. The largest absolute Gasteiger partial charge is 0.502 e. The molecule has 0 saturated heterocycles. The van der Waals surface area contributed by atoms with Crippen LogP contribution in [0.4, 0.5) is 10.3 Å². The maximum Gasteiger partial charge on any atom is 0.304 e. The summed E-state index contributed by atoms with van der Waals surface area (Å²) in [5.74, 6) is -1.29. The highest BCUT2D eigenvalue weighted by atomic mass is 19.1. The molecule has 66 valence electrons. The number of furan rings is 1. The lowest BCUT2D eigenvalue weighted by Crippen LogP contribution is -1.69. The van der Waals surface area contributed by atoms with E-state index in [0.29, 0.717) is 0 Å². The zero-order chi connectivity index (χ0) is 9.42. The average molecular weight is 181 g/mol. The Morgan fingerprint density at radius 1 is 1.46 bits per heavy atom. The summed E-state index contributed by atoms with van der Waals surface area (Å²) in [6.45, 7) is 0. The van der Waals surface area contributed by atoms with Crippen molar-refractivity contribution < 1.29 is 13.9 Å². The fourth-order valence-electron chi connectivity index (χ4n) is 1.11. The summed E-state index contributed by atoms with van der Waals surface area (Å²) in [5, 5.41) is 12.0. The number of nitroso groups, excluding NO2 is 1. The summed E-state index contributed by atoms with van der Waals surface area (Å²) in [6, 6.07) is 3.55. The van der Waals surface area contributed by atoms with Crippen LogP contribution in [0.15, 0.2) is 27.8 Å². The van der Waals surface area contributed by atoms with Crippen LogP contribution in [-0.4, -0.2) is 5.11 Å². The summed E-state index contributed by atoms with van der Waals surface area (Å²) in [4.78, 5) is 10.1. The molecular weight excluding hydrogens is 177 g/mol. The van der Waals surface area contributed by atoms with Crippen molar-refractivity contribution in [2.75, 3.05) is 0 Å². The molecule has 13 heavy (non-hydrogen) atoms. The van der Waals surface area contributed by atoms with E-state index < -0.39 is 11.7 Å². The standard InChI is InChI=1S/C8H4FNO3/c9-4-1-2-5-6(3-4)13-8(10-12)7(5)11/h1-3,11H. The third-order valence-corrected chi connectivity index (χ3v) is 1.69. The van der Waals surface area contributed by atoms with Gasteiger partial charge < -0.3 is 9.52 Å². The number of hydrogen-bond donors (Lipinski definition) is 1. The predicted molar refractivity (Wildman–Crippen MR) is 43.3 cm³/mol. The third kappa shape index (κ3) is 1.05. The summed E-state index contributed by atoms with van der Waals surface area (Å²) >= 11 is 0. The minimum atomic E-state index is -0.501. The Kier molecular flexibility index (Phi) is 1.51. The van der Waals surface area contributed by atoms with E-state index >= 15 is 0 Å². The van der Waals surface area contributed by atoms with Crippen LogP contribution >= 0.6 is 0 Å². The molecule has 0 aliphatic carbocycles. The number of fused-ring (bicyclic) bond motifs is 1. The highest BCUT2D eigenvalue weighted by Crippen LogP contribution is 2.37. The molecule has 0 radical (unpaired) electrons. The first-order chi connectivity index (χ1) is 6.22. The van der Waals surface area contributed by atoms with Gasteiger partial charge in [0.1, 0.15) is 11.4 Å².